The van der Waals surface area contributed by atoms with E-state index in [2.05, 4.69) is 34.8 Å². The lowest BCUT2D eigenvalue weighted by Gasteiger charge is -2.48. The number of rotatable bonds is 2. The maximum atomic E-state index is 4.93. The molecule has 3 atom stereocenters. The first-order valence-corrected chi connectivity index (χ1v) is 9.25. The highest BCUT2D eigenvalue weighted by atomic mass is 15.2. The fourth-order valence-corrected chi connectivity index (χ4v) is 4.53. The number of aryl methyl sites for hydroxylation is 1. The van der Waals surface area contributed by atoms with Crippen LogP contribution in [-0.2, 0) is 0 Å². The molecule has 2 aromatic heterocycles. The van der Waals surface area contributed by atoms with Crippen molar-refractivity contribution in [2.45, 2.75) is 52.0 Å². The Hall–Kier alpha value is -1.97. The van der Waals surface area contributed by atoms with E-state index in [1.165, 1.54) is 32.1 Å². The van der Waals surface area contributed by atoms with Gasteiger partial charge in [-0.25, -0.2) is 9.97 Å². The molecular formula is C20H26N4. The van der Waals surface area contributed by atoms with Crippen LogP contribution in [-0.4, -0.2) is 27.5 Å². The van der Waals surface area contributed by atoms with Gasteiger partial charge in [-0.2, -0.15) is 0 Å². The van der Waals surface area contributed by atoms with Crippen molar-refractivity contribution in [1.82, 2.24) is 15.0 Å². The highest BCUT2D eigenvalue weighted by molar-refractivity contribution is 5.57. The number of aromatic nitrogens is 3. The van der Waals surface area contributed by atoms with Gasteiger partial charge in [0.15, 0.2) is 5.82 Å². The van der Waals surface area contributed by atoms with Gasteiger partial charge in [0.25, 0.3) is 0 Å². The SMILES string of the molecule is Cc1cc(N2CC[C@H](C)[C@H]3CCCC[C@H]32)nc(-c2ccncc2)n1. The van der Waals surface area contributed by atoms with Crippen LogP contribution in [0.3, 0.4) is 0 Å². The third-order valence-electron chi connectivity index (χ3n) is 5.81. The zero-order valence-electron chi connectivity index (χ0n) is 14.7. The first-order valence-electron chi connectivity index (χ1n) is 9.25. The molecule has 2 aromatic rings. The molecule has 24 heavy (non-hydrogen) atoms. The van der Waals surface area contributed by atoms with Gasteiger partial charge >= 0.3 is 0 Å². The van der Waals surface area contributed by atoms with E-state index in [-0.39, 0.29) is 0 Å². The molecule has 1 aliphatic carbocycles. The summed E-state index contributed by atoms with van der Waals surface area (Å²) in [4.78, 5) is 16.3. The predicted molar refractivity (Wildman–Crippen MR) is 96.9 cm³/mol. The lowest BCUT2D eigenvalue weighted by atomic mass is 9.72. The number of fused-ring (bicyclic) bond motifs is 1. The molecule has 1 saturated carbocycles. The Balaban J connectivity index is 1.69. The van der Waals surface area contributed by atoms with Gasteiger partial charge in [0.2, 0.25) is 0 Å². The highest BCUT2D eigenvalue weighted by Crippen LogP contribution is 2.40. The largest absolute Gasteiger partial charge is 0.353 e. The molecule has 3 heterocycles. The normalized spacial score (nSPS) is 26.9. The van der Waals surface area contributed by atoms with Crippen LogP contribution >= 0.6 is 0 Å². The van der Waals surface area contributed by atoms with Crippen molar-refractivity contribution >= 4 is 5.82 Å². The quantitative estimate of drug-likeness (QED) is 0.829. The Kier molecular flexibility index (Phi) is 4.21. The molecule has 0 N–H and O–H groups in total. The molecule has 4 heteroatoms. The second kappa shape index (κ2) is 6.50. The molecule has 4 rings (SSSR count). The summed E-state index contributed by atoms with van der Waals surface area (Å²) in [6.07, 6.45) is 10.3. The maximum absolute atomic E-state index is 4.93. The lowest BCUT2D eigenvalue weighted by molar-refractivity contribution is 0.177. The van der Waals surface area contributed by atoms with Gasteiger partial charge in [0, 0.05) is 42.3 Å². The molecule has 0 unspecified atom stereocenters. The van der Waals surface area contributed by atoms with Crippen molar-refractivity contribution in [2.24, 2.45) is 11.8 Å². The van der Waals surface area contributed by atoms with Crippen LogP contribution in [0.5, 0.6) is 0 Å². The summed E-state index contributed by atoms with van der Waals surface area (Å²) in [5, 5.41) is 0. The summed E-state index contributed by atoms with van der Waals surface area (Å²) in [6.45, 7) is 5.63. The van der Waals surface area contributed by atoms with Crippen molar-refractivity contribution < 1.29 is 0 Å². The highest BCUT2D eigenvalue weighted by Gasteiger charge is 2.38. The number of pyridine rings is 1. The summed E-state index contributed by atoms with van der Waals surface area (Å²) >= 11 is 0. The van der Waals surface area contributed by atoms with Crippen molar-refractivity contribution in [3.8, 4) is 11.4 Å². The Labute approximate surface area is 144 Å². The number of hydrogen-bond donors (Lipinski definition) is 0. The van der Waals surface area contributed by atoms with Crippen molar-refractivity contribution in [3.05, 3.63) is 36.3 Å². The minimum Gasteiger partial charge on any atom is -0.353 e. The lowest BCUT2D eigenvalue weighted by Crippen LogP contribution is -2.50. The van der Waals surface area contributed by atoms with Crippen LogP contribution in [0.15, 0.2) is 30.6 Å². The van der Waals surface area contributed by atoms with E-state index in [1.54, 1.807) is 12.4 Å². The molecule has 0 amide bonds. The summed E-state index contributed by atoms with van der Waals surface area (Å²) in [6, 6.07) is 6.79. The number of anilines is 1. The standard InChI is InChI=1S/C20H26N4/c1-14-9-12-24(18-6-4-3-5-17(14)18)19-13-15(2)22-20(23-19)16-7-10-21-11-8-16/h7-8,10-11,13-14,17-18H,3-6,9,12H2,1-2H3/t14-,17+,18+/m0/s1. The Bertz CT molecular complexity index is 700. The van der Waals surface area contributed by atoms with Gasteiger partial charge in [0.05, 0.1) is 0 Å². The third-order valence-corrected chi connectivity index (χ3v) is 5.81. The molecule has 0 spiro atoms. The molecule has 0 bridgehead atoms. The molecular weight excluding hydrogens is 296 g/mol. The van der Waals surface area contributed by atoms with Crippen LogP contribution in [0, 0.1) is 18.8 Å². The van der Waals surface area contributed by atoms with Crippen LogP contribution in [0.4, 0.5) is 5.82 Å². The monoisotopic (exact) mass is 322 g/mol. The topological polar surface area (TPSA) is 41.9 Å². The number of piperidine rings is 1. The maximum Gasteiger partial charge on any atom is 0.161 e. The minimum absolute atomic E-state index is 0.655. The first kappa shape index (κ1) is 15.6. The summed E-state index contributed by atoms with van der Waals surface area (Å²) in [7, 11) is 0. The van der Waals surface area contributed by atoms with E-state index in [0.717, 1.165) is 41.3 Å². The van der Waals surface area contributed by atoms with E-state index >= 15 is 0 Å². The van der Waals surface area contributed by atoms with Crippen molar-refractivity contribution in [2.75, 3.05) is 11.4 Å². The van der Waals surface area contributed by atoms with Gasteiger partial charge in [-0.05, 0) is 50.2 Å². The van der Waals surface area contributed by atoms with Gasteiger partial charge in [-0.1, -0.05) is 19.8 Å². The fourth-order valence-electron chi connectivity index (χ4n) is 4.53. The molecule has 126 valence electrons. The molecule has 1 saturated heterocycles. The van der Waals surface area contributed by atoms with E-state index in [0.29, 0.717) is 6.04 Å². The van der Waals surface area contributed by atoms with E-state index < -0.39 is 0 Å². The number of hydrogen-bond acceptors (Lipinski definition) is 4. The van der Waals surface area contributed by atoms with Gasteiger partial charge < -0.3 is 4.90 Å². The minimum atomic E-state index is 0.655. The summed E-state index contributed by atoms with van der Waals surface area (Å²) in [5.74, 6) is 3.60. The molecule has 4 nitrogen and oxygen atoms in total. The molecule has 1 aliphatic heterocycles. The van der Waals surface area contributed by atoms with E-state index in [1.807, 2.05) is 12.1 Å². The van der Waals surface area contributed by atoms with Gasteiger partial charge in [-0.3, -0.25) is 4.98 Å². The van der Waals surface area contributed by atoms with Gasteiger partial charge in [-0.15, -0.1) is 0 Å². The summed E-state index contributed by atoms with van der Waals surface area (Å²) < 4.78 is 0. The molecule has 2 aliphatic rings. The van der Waals surface area contributed by atoms with E-state index in [4.69, 9.17) is 4.98 Å². The van der Waals surface area contributed by atoms with Gasteiger partial charge in [0.1, 0.15) is 5.82 Å². The Morgan fingerprint density at radius 3 is 2.67 bits per heavy atom. The average Bonchev–Trinajstić information content (AvgIpc) is 2.62. The Morgan fingerprint density at radius 2 is 1.83 bits per heavy atom. The fraction of sp³-hybridized carbons (Fsp3) is 0.550. The molecule has 2 fully saturated rings. The van der Waals surface area contributed by atoms with Crippen LogP contribution < -0.4 is 4.90 Å². The smallest absolute Gasteiger partial charge is 0.161 e. The first-order chi connectivity index (χ1) is 11.7. The van der Waals surface area contributed by atoms with Crippen LogP contribution in [0.2, 0.25) is 0 Å². The van der Waals surface area contributed by atoms with E-state index in [9.17, 15) is 0 Å². The second-order valence-corrected chi connectivity index (χ2v) is 7.40. The summed E-state index contributed by atoms with van der Waals surface area (Å²) in [5.41, 5.74) is 2.08. The zero-order valence-corrected chi connectivity index (χ0v) is 14.7. The third kappa shape index (κ3) is 2.90. The van der Waals surface area contributed by atoms with Crippen molar-refractivity contribution in [1.29, 1.82) is 0 Å². The predicted octanol–water partition coefficient (Wildman–Crippen LogP) is 4.25. The second-order valence-electron chi connectivity index (χ2n) is 7.40. The average molecular weight is 322 g/mol. The zero-order chi connectivity index (χ0) is 16.5. The number of nitrogens with zero attached hydrogens (tertiary/aromatic N) is 4. The van der Waals surface area contributed by atoms with Crippen LogP contribution in [0.25, 0.3) is 11.4 Å². The molecule has 0 radical (unpaired) electrons. The Morgan fingerprint density at radius 1 is 1.04 bits per heavy atom. The van der Waals surface area contributed by atoms with Crippen molar-refractivity contribution in [3.63, 3.8) is 0 Å². The molecule has 0 aromatic carbocycles. The van der Waals surface area contributed by atoms with Crippen LogP contribution in [0.1, 0.15) is 44.7 Å².